The Hall–Kier alpha value is -1.46. The van der Waals surface area contributed by atoms with Crippen LogP contribution in [0.3, 0.4) is 0 Å². The molecule has 1 N–H and O–H groups in total. The van der Waals surface area contributed by atoms with Gasteiger partial charge in [-0.05, 0) is 25.0 Å². The van der Waals surface area contributed by atoms with Crippen LogP contribution in [0.15, 0.2) is 40.9 Å². The van der Waals surface area contributed by atoms with Crippen molar-refractivity contribution in [1.82, 2.24) is 15.5 Å². The highest BCUT2D eigenvalue weighted by Gasteiger charge is 2.20. The molecule has 20 heavy (non-hydrogen) atoms. The highest BCUT2D eigenvalue weighted by Crippen LogP contribution is 2.19. The zero-order valence-corrected chi connectivity index (χ0v) is 12.6. The average Bonchev–Trinajstić information content (AvgIpc) is 3.30. The molecule has 1 aromatic carbocycles. The number of aromatic nitrogens is 2. The lowest BCUT2D eigenvalue weighted by Gasteiger charge is -2.07. The first-order valence-corrected chi connectivity index (χ1v) is 7.53. The van der Waals surface area contributed by atoms with Crippen LogP contribution in [0.25, 0.3) is 0 Å². The topological polar surface area (TPSA) is 47.0 Å². The molecule has 0 spiro atoms. The largest absolute Gasteiger partial charge is 0.472 e. The number of rotatable bonds is 6. The van der Waals surface area contributed by atoms with Gasteiger partial charge >= 0.3 is 0 Å². The first kappa shape index (κ1) is 13.5. The number of ether oxygens (including phenoxy) is 1. The summed E-state index contributed by atoms with van der Waals surface area (Å²) in [5, 5.41) is 11.7. The first-order valence-electron chi connectivity index (χ1n) is 6.73. The smallest absolute Gasteiger partial charge is 0.233 e. The zero-order chi connectivity index (χ0) is 13.8. The summed E-state index contributed by atoms with van der Waals surface area (Å²) in [6, 6.07) is 12.5. The molecule has 0 aliphatic heterocycles. The maximum atomic E-state index is 5.64. The predicted octanol–water partition coefficient (Wildman–Crippen LogP) is 3.07. The van der Waals surface area contributed by atoms with Crippen LogP contribution < -0.4 is 10.1 Å². The summed E-state index contributed by atoms with van der Waals surface area (Å²) >= 11 is 3.50. The van der Waals surface area contributed by atoms with Crippen molar-refractivity contribution in [3.8, 4) is 5.88 Å². The Morgan fingerprint density at radius 2 is 2.00 bits per heavy atom. The minimum absolute atomic E-state index is 0.482. The van der Waals surface area contributed by atoms with Gasteiger partial charge in [-0.3, -0.25) is 0 Å². The van der Waals surface area contributed by atoms with E-state index >= 15 is 0 Å². The molecule has 4 nitrogen and oxygen atoms in total. The number of nitrogens with one attached hydrogen (secondary N) is 1. The maximum absolute atomic E-state index is 5.64. The van der Waals surface area contributed by atoms with E-state index in [9.17, 15) is 0 Å². The summed E-state index contributed by atoms with van der Waals surface area (Å²) in [6.45, 7) is 1.26. The van der Waals surface area contributed by atoms with E-state index in [4.69, 9.17) is 4.74 Å². The molecule has 0 amide bonds. The number of halogens is 1. The monoisotopic (exact) mass is 333 g/mol. The second kappa shape index (κ2) is 6.33. The average molecular weight is 334 g/mol. The third kappa shape index (κ3) is 3.77. The third-order valence-electron chi connectivity index (χ3n) is 3.18. The van der Waals surface area contributed by atoms with Crippen LogP contribution in [-0.2, 0) is 13.2 Å². The van der Waals surface area contributed by atoms with Crippen molar-refractivity contribution in [2.45, 2.75) is 32.0 Å². The van der Waals surface area contributed by atoms with Crippen molar-refractivity contribution >= 4 is 15.9 Å². The molecule has 2 aromatic rings. The Morgan fingerprint density at radius 3 is 2.70 bits per heavy atom. The van der Waals surface area contributed by atoms with E-state index in [0.29, 0.717) is 18.5 Å². The van der Waals surface area contributed by atoms with Gasteiger partial charge in [-0.1, -0.05) is 34.1 Å². The zero-order valence-electron chi connectivity index (χ0n) is 11.1. The van der Waals surface area contributed by atoms with Crippen LogP contribution in [0.5, 0.6) is 5.88 Å². The molecule has 1 saturated carbocycles. The molecule has 0 atom stereocenters. The van der Waals surface area contributed by atoms with Gasteiger partial charge in [0.15, 0.2) is 0 Å². The van der Waals surface area contributed by atoms with Gasteiger partial charge in [0.25, 0.3) is 0 Å². The SMILES string of the molecule is Brc1ccccc1COc1ccc(CNC2CC2)nn1. The summed E-state index contributed by atoms with van der Waals surface area (Å²) in [6.07, 6.45) is 2.56. The van der Waals surface area contributed by atoms with E-state index in [0.717, 1.165) is 22.3 Å². The predicted molar refractivity (Wildman–Crippen MR) is 80.4 cm³/mol. The Balaban J connectivity index is 1.53. The lowest BCUT2D eigenvalue weighted by Crippen LogP contribution is -2.16. The molecular weight excluding hydrogens is 318 g/mol. The van der Waals surface area contributed by atoms with Gasteiger partial charge in [0.05, 0.1) is 5.69 Å². The maximum Gasteiger partial charge on any atom is 0.233 e. The van der Waals surface area contributed by atoms with Gasteiger partial charge in [-0.25, -0.2) is 0 Å². The Labute approximate surface area is 126 Å². The van der Waals surface area contributed by atoms with Crippen LogP contribution in [-0.4, -0.2) is 16.2 Å². The van der Waals surface area contributed by atoms with Crippen molar-refractivity contribution in [2.24, 2.45) is 0 Å². The van der Waals surface area contributed by atoms with Crippen molar-refractivity contribution < 1.29 is 4.74 Å². The molecule has 1 aliphatic carbocycles. The minimum atomic E-state index is 0.482. The summed E-state index contributed by atoms with van der Waals surface area (Å²) in [5.41, 5.74) is 2.04. The van der Waals surface area contributed by atoms with Gasteiger partial charge < -0.3 is 10.1 Å². The highest BCUT2D eigenvalue weighted by molar-refractivity contribution is 9.10. The summed E-state index contributed by atoms with van der Waals surface area (Å²) in [7, 11) is 0. The first-order chi connectivity index (χ1) is 9.81. The third-order valence-corrected chi connectivity index (χ3v) is 3.95. The molecule has 3 rings (SSSR count). The molecule has 1 fully saturated rings. The minimum Gasteiger partial charge on any atom is -0.472 e. The summed E-state index contributed by atoms with van der Waals surface area (Å²) in [4.78, 5) is 0. The van der Waals surface area contributed by atoms with E-state index in [1.165, 1.54) is 12.8 Å². The fourth-order valence-corrected chi connectivity index (χ4v) is 2.22. The highest BCUT2D eigenvalue weighted by atomic mass is 79.9. The van der Waals surface area contributed by atoms with E-state index in [1.54, 1.807) is 0 Å². The molecule has 0 radical (unpaired) electrons. The molecular formula is C15H16BrN3O. The molecule has 0 saturated heterocycles. The van der Waals surface area contributed by atoms with E-state index in [1.807, 2.05) is 36.4 Å². The molecule has 0 unspecified atom stereocenters. The number of hydrogen-bond acceptors (Lipinski definition) is 4. The van der Waals surface area contributed by atoms with Crippen LogP contribution >= 0.6 is 15.9 Å². The van der Waals surface area contributed by atoms with Crippen LogP contribution in [0.1, 0.15) is 24.1 Å². The summed E-state index contributed by atoms with van der Waals surface area (Å²) < 4.78 is 6.68. The van der Waals surface area contributed by atoms with Crippen molar-refractivity contribution in [3.05, 3.63) is 52.1 Å². The Bertz CT molecular complexity index is 570. The van der Waals surface area contributed by atoms with Crippen LogP contribution in [0.4, 0.5) is 0 Å². The standard InChI is InChI=1S/C15H16BrN3O/c16-14-4-2-1-3-11(14)10-20-15-8-7-13(18-19-15)9-17-12-5-6-12/h1-4,7-8,12,17H,5-6,9-10H2. The fraction of sp³-hybridized carbons (Fsp3) is 0.333. The molecule has 5 heteroatoms. The quantitative estimate of drug-likeness (QED) is 0.882. The van der Waals surface area contributed by atoms with Gasteiger partial charge in [0, 0.05) is 28.7 Å². The van der Waals surface area contributed by atoms with E-state index in [-0.39, 0.29) is 0 Å². The van der Waals surface area contributed by atoms with Crippen molar-refractivity contribution in [3.63, 3.8) is 0 Å². The van der Waals surface area contributed by atoms with Gasteiger partial charge in [-0.15, -0.1) is 5.10 Å². The van der Waals surface area contributed by atoms with E-state index in [2.05, 4.69) is 31.4 Å². The van der Waals surface area contributed by atoms with Crippen molar-refractivity contribution in [1.29, 1.82) is 0 Å². The van der Waals surface area contributed by atoms with Gasteiger partial charge in [0.2, 0.25) is 5.88 Å². The van der Waals surface area contributed by atoms with Crippen LogP contribution in [0.2, 0.25) is 0 Å². The molecule has 1 heterocycles. The number of benzene rings is 1. The molecule has 1 aromatic heterocycles. The molecule has 0 bridgehead atoms. The fourth-order valence-electron chi connectivity index (χ4n) is 1.82. The lowest BCUT2D eigenvalue weighted by atomic mass is 10.2. The molecule has 104 valence electrons. The second-order valence-electron chi connectivity index (χ2n) is 4.90. The van der Waals surface area contributed by atoms with Gasteiger partial charge in [0.1, 0.15) is 6.61 Å². The lowest BCUT2D eigenvalue weighted by molar-refractivity contribution is 0.289. The summed E-state index contributed by atoms with van der Waals surface area (Å²) in [5.74, 6) is 0.552. The van der Waals surface area contributed by atoms with Crippen molar-refractivity contribution in [2.75, 3.05) is 0 Å². The molecule has 1 aliphatic rings. The normalized spacial score (nSPS) is 14.2. The van der Waals surface area contributed by atoms with E-state index < -0.39 is 0 Å². The van der Waals surface area contributed by atoms with Gasteiger partial charge in [-0.2, -0.15) is 5.10 Å². The Kier molecular flexibility index (Phi) is 4.28. The van der Waals surface area contributed by atoms with Crippen LogP contribution in [0, 0.1) is 0 Å². The number of nitrogens with zero attached hydrogens (tertiary/aromatic N) is 2. The number of hydrogen-bond donors (Lipinski definition) is 1. The Morgan fingerprint density at radius 1 is 1.15 bits per heavy atom. The second-order valence-corrected chi connectivity index (χ2v) is 5.75.